The molecule has 6 nitrogen and oxygen atoms in total. The molecule has 0 bridgehead atoms. The van der Waals surface area contributed by atoms with Gasteiger partial charge in [0.15, 0.2) is 5.75 Å². The highest BCUT2D eigenvalue weighted by Gasteiger charge is 2.19. The van der Waals surface area contributed by atoms with Crippen LogP contribution in [0.2, 0.25) is 0 Å². The van der Waals surface area contributed by atoms with Crippen LogP contribution in [0.5, 0.6) is 23.0 Å². The highest BCUT2D eigenvalue weighted by molar-refractivity contribution is 7.99. The second kappa shape index (κ2) is 6.42. The monoisotopic (exact) mass is 300 g/mol. The highest BCUT2D eigenvalue weighted by Crippen LogP contribution is 2.47. The quantitative estimate of drug-likeness (QED) is 0.836. The molecule has 2 aromatic rings. The van der Waals surface area contributed by atoms with Crippen molar-refractivity contribution in [2.24, 2.45) is 0 Å². The Bertz CT molecular complexity index is 750. The maximum absolute atomic E-state index is 9.93. The first kappa shape index (κ1) is 14.4. The largest absolute Gasteiger partial charge is 0.507 e. The maximum atomic E-state index is 9.93. The summed E-state index contributed by atoms with van der Waals surface area (Å²) in [5.74, 6) is -0.253. The first-order valence-electron chi connectivity index (χ1n) is 5.61. The van der Waals surface area contributed by atoms with E-state index < -0.39 is 0 Å². The lowest BCUT2D eigenvalue weighted by Gasteiger charge is -2.11. The normalized spacial score (nSPS) is 9.43. The van der Waals surface area contributed by atoms with Crippen LogP contribution < -0.4 is 9.47 Å². The molecule has 2 aromatic carbocycles. The van der Waals surface area contributed by atoms with Crippen LogP contribution >= 0.6 is 11.8 Å². The van der Waals surface area contributed by atoms with Crippen LogP contribution in [0.1, 0.15) is 0 Å². The van der Waals surface area contributed by atoms with E-state index in [9.17, 15) is 10.2 Å². The van der Waals surface area contributed by atoms with Gasteiger partial charge in [-0.15, -0.1) is 10.5 Å². The summed E-state index contributed by atoms with van der Waals surface area (Å²) in [7, 11) is 0. The molecule has 0 spiro atoms. The highest BCUT2D eigenvalue weighted by atomic mass is 32.2. The number of rotatable bonds is 4. The van der Waals surface area contributed by atoms with E-state index in [-0.39, 0.29) is 27.9 Å². The number of para-hydroxylation sites is 1. The lowest BCUT2D eigenvalue weighted by molar-refractivity contribution is 0.412. The number of hydrogen-bond donors (Lipinski definition) is 2. The average molecular weight is 300 g/mol. The molecule has 0 aliphatic heterocycles. The van der Waals surface area contributed by atoms with Crippen LogP contribution in [-0.4, -0.2) is 10.2 Å². The minimum atomic E-state index is -0.168. The van der Waals surface area contributed by atoms with E-state index >= 15 is 0 Å². The molecular formula is C14H8N2O4S. The zero-order chi connectivity index (χ0) is 15.2. The van der Waals surface area contributed by atoms with Gasteiger partial charge in [-0.3, -0.25) is 0 Å². The molecule has 0 aromatic heterocycles. The Balaban J connectivity index is 2.52. The molecule has 21 heavy (non-hydrogen) atoms. The van der Waals surface area contributed by atoms with Gasteiger partial charge >= 0.3 is 0 Å². The number of benzene rings is 2. The topological polar surface area (TPSA) is 106 Å². The fourth-order valence-electron chi connectivity index (χ4n) is 1.56. The van der Waals surface area contributed by atoms with Crippen molar-refractivity contribution in [3.63, 3.8) is 0 Å². The van der Waals surface area contributed by atoms with E-state index in [2.05, 4.69) is 0 Å². The number of nitrogens with zero attached hydrogens (tertiary/aromatic N) is 2. The molecule has 0 amide bonds. The molecule has 7 heteroatoms. The summed E-state index contributed by atoms with van der Waals surface area (Å²) < 4.78 is 9.48. The molecule has 0 unspecified atom stereocenters. The molecule has 104 valence electrons. The number of ether oxygens (including phenoxy) is 2. The smallest absolute Gasteiger partial charge is 0.292 e. The number of phenolic OH excluding ortho intramolecular Hbond substituents is 2. The van der Waals surface area contributed by atoms with Gasteiger partial charge in [-0.2, -0.15) is 0 Å². The van der Waals surface area contributed by atoms with Crippen molar-refractivity contribution in [3.8, 4) is 35.5 Å². The van der Waals surface area contributed by atoms with Gasteiger partial charge in [0.25, 0.3) is 12.5 Å². The van der Waals surface area contributed by atoms with Crippen LogP contribution in [0.15, 0.2) is 46.2 Å². The first-order chi connectivity index (χ1) is 10.2. The standard InChI is InChI=1S/C14H8N2O4S/c15-7-19-11-6-5-10(18)14(13(11)20-8-16)21-12-4-2-1-3-9(12)17/h1-6,17-18H. The zero-order valence-corrected chi connectivity index (χ0v) is 11.3. The average Bonchev–Trinajstić information content (AvgIpc) is 2.48. The van der Waals surface area contributed by atoms with Crippen LogP contribution in [-0.2, 0) is 0 Å². The summed E-state index contributed by atoms with van der Waals surface area (Å²) in [6.45, 7) is 0. The number of phenols is 2. The van der Waals surface area contributed by atoms with Gasteiger partial charge in [0, 0.05) is 0 Å². The molecular weight excluding hydrogens is 292 g/mol. The van der Waals surface area contributed by atoms with Crippen LogP contribution in [0, 0.1) is 23.0 Å². The Hall–Kier alpha value is -3.03. The summed E-state index contributed by atoms with van der Waals surface area (Å²) in [5.41, 5.74) is 0. The van der Waals surface area contributed by atoms with Crippen molar-refractivity contribution >= 4 is 11.8 Å². The van der Waals surface area contributed by atoms with Crippen LogP contribution in [0.3, 0.4) is 0 Å². The van der Waals surface area contributed by atoms with Crippen molar-refractivity contribution in [2.75, 3.05) is 0 Å². The lowest BCUT2D eigenvalue weighted by Crippen LogP contribution is -1.92. The van der Waals surface area contributed by atoms with Crippen LogP contribution in [0.4, 0.5) is 0 Å². The van der Waals surface area contributed by atoms with Gasteiger partial charge in [-0.05, 0) is 24.3 Å². The van der Waals surface area contributed by atoms with E-state index in [1.165, 1.54) is 30.7 Å². The molecule has 0 heterocycles. The SMILES string of the molecule is N#COc1ccc(O)c(Sc2ccccc2O)c1OC#N. The van der Waals surface area contributed by atoms with Gasteiger partial charge in [-0.1, -0.05) is 23.9 Å². The van der Waals surface area contributed by atoms with E-state index in [1.54, 1.807) is 18.2 Å². The maximum Gasteiger partial charge on any atom is 0.292 e. The fourth-order valence-corrected chi connectivity index (χ4v) is 2.50. The fraction of sp³-hybridized carbons (Fsp3) is 0. The molecule has 0 atom stereocenters. The van der Waals surface area contributed by atoms with Crippen molar-refractivity contribution in [2.45, 2.75) is 9.79 Å². The number of hydrogen-bond acceptors (Lipinski definition) is 7. The van der Waals surface area contributed by atoms with Gasteiger partial charge in [-0.25, -0.2) is 0 Å². The third-order valence-electron chi connectivity index (χ3n) is 2.44. The van der Waals surface area contributed by atoms with Gasteiger partial charge in [0.2, 0.25) is 5.75 Å². The Morgan fingerprint density at radius 1 is 0.905 bits per heavy atom. The van der Waals surface area contributed by atoms with Crippen molar-refractivity contribution in [1.82, 2.24) is 0 Å². The van der Waals surface area contributed by atoms with Gasteiger partial charge < -0.3 is 19.7 Å². The Morgan fingerprint density at radius 2 is 1.62 bits per heavy atom. The molecule has 0 fully saturated rings. The molecule has 0 saturated heterocycles. The first-order valence-corrected chi connectivity index (χ1v) is 6.42. The molecule has 0 radical (unpaired) electrons. The van der Waals surface area contributed by atoms with Crippen molar-refractivity contribution < 1.29 is 19.7 Å². The van der Waals surface area contributed by atoms with Crippen molar-refractivity contribution in [3.05, 3.63) is 36.4 Å². The number of nitriles is 2. The third-order valence-corrected chi connectivity index (χ3v) is 3.60. The summed E-state index contributed by atoms with van der Waals surface area (Å²) in [5, 5.41) is 37.0. The third kappa shape index (κ3) is 3.11. The van der Waals surface area contributed by atoms with E-state index in [1.807, 2.05) is 0 Å². The van der Waals surface area contributed by atoms with Gasteiger partial charge in [0.1, 0.15) is 16.4 Å². The Morgan fingerprint density at radius 3 is 2.29 bits per heavy atom. The zero-order valence-electron chi connectivity index (χ0n) is 10.5. The number of aromatic hydroxyl groups is 2. The van der Waals surface area contributed by atoms with E-state index in [0.717, 1.165) is 11.8 Å². The molecule has 0 aliphatic rings. The van der Waals surface area contributed by atoms with E-state index in [0.29, 0.717) is 4.90 Å². The second-order valence-electron chi connectivity index (χ2n) is 3.70. The predicted molar refractivity (Wildman–Crippen MR) is 72.8 cm³/mol. The molecule has 0 aliphatic carbocycles. The van der Waals surface area contributed by atoms with E-state index in [4.69, 9.17) is 20.0 Å². The van der Waals surface area contributed by atoms with Gasteiger partial charge in [0.05, 0.1) is 4.90 Å². The molecule has 0 saturated carbocycles. The Labute approximate surface area is 124 Å². The summed E-state index contributed by atoms with van der Waals surface area (Å²) >= 11 is 0.982. The molecule has 2 N–H and O–H groups in total. The minimum Gasteiger partial charge on any atom is -0.507 e. The minimum absolute atomic E-state index is 0.00484. The van der Waals surface area contributed by atoms with Crippen molar-refractivity contribution in [1.29, 1.82) is 10.5 Å². The summed E-state index contributed by atoms with van der Waals surface area (Å²) in [4.78, 5) is 0.607. The second-order valence-corrected chi connectivity index (χ2v) is 4.75. The Kier molecular flexibility index (Phi) is 4.39. The van der Waals surface area contributed by atoms with Crippen LogP contribution in [0.25, 0.3) is 0 Å². The summed E-state index contributed by atoms with van der Waals surface area (Å²) in [6, 6.07) is 9.09. The lowest BCUT2D eigenvalue weighted by atomic mass is 10.3. The predicted octanol–water partition coefficient (Wildman–Crippen LogP) is 2.97. The summed E-state index contributed by atoms with van der Waals surface area (Å²) in [6.07, 6.45) is 2.95. The molecule has 2 rings (SSSR count).